The Morgan fingerprint density at radius 1 is 1.30 bits per heavy atom. The zero-order valence-electron chi connectivity index (χ0n) is 12.8. The molecule has 1 aromatic carbocycles. The van der Waals surface area contributed by atoms with Crippen molar-refractivity contribution in [2.45, 2.75) is 19.1 Å². The summed E-state index contributed by atoms with van der Waals surface area (Å²) in [5.74, 6) is -0.114. The van der Waals surface area contributed by atoms with Gasteiger partial charge in [0.15, 0.2) is 0 Å². The number of fused-ring (bicyclic) bond motifs is 3. The summed E-state index contributed by atoms with van der Waals surface area (Å²) >= 11 is 0. The molecule has 0 spiro atoms. The van der Waals surface area contributed by atoms with E-state index in [0.29, 0.717) is 6.54 Å². The molecule has 7 heteroatoms. The molecule has 2 aliphatic heterocycles. The fourth-order valence-electron chi connectivity index (χ4n) is 3.81. The van der Waals surface area contributed by atoms with Crippen molar-refractivity contribution in [1.82, 2.24) is 13.9 Å². The highest BCUT2D eigenvalue weighted by molar-refractivity contribution is 7.89. The van der Waals surface area contributed by atoms with Gasteiger partial charge in [0.05, 0.1) is 36.1 Å². The van der Waals surface area contributed by atoms with Gasteiger partial charge in [0.2, 0.25) is 10.0 Å². The monoisotopic (exact) mass is 333 g/mol. The zero-order chi connectivity index (χ0) is 16.2. The van der Waals surface area contributed by atoms with Crippen molar-refractivity contribution < 1.29 is 13.5 Å². The van der Waals surface area contributed by atoms with Crippen molar-refractivity contribution in [2.75, 3.05) is 18.8 Å². The Bertz CT molecular complexity index is 846. The van der Waals surface area contributed by atoms with Crippen LogP contribution in [0.3, 0.4) is 0 Å². The Morgan fingerprint density at radius 3 is 2.87 bits per heavy atom. The smallest absolute Gasteiger partial charge is 0.213 e. The maximum absolute atomic E-state index is 12.1. The number of β-amino-alcohol motifs (C(OH)–C–C–N with tert-alkyl or cyclic N) is 1. The summed E-state index contributed by atoms with van der Waals surface area (Å²) in [4.78, 5) is 4.22. The Labute approximate surface area is 135 Å². The molecule has 0 bridgehead atoms. The molecule has 2 aliphatic rings. The van der Waals surface area contributed by atoms with Gasteiger partial charge in [-0.15, -0.1) is 0 Å². The van der Waals surface area contributed by atoms with Gasteiger partial charge in [0, 0.05) is 24.6 Å². The maximum atomic E-state index is 12.1. The van der Waals surface area contributed by atoms with E-state index in [-0.39, 0.29) is 24.3 Å². The van der Waals surface area contributed by atoms with E-state index in [1.54, 1.807) is 13.3 Å². The van der Waals surface area contributed by atoms with E-state index in [4.69, 9.17) is 0 Å². The summed E-state index contributed by atoms with van der Waals surface area (Å²) in [5.41, 5.74) is 3.26. The third-order valence-electron chi connectivity index (χ3n) is 4.98. The molecule has 0 saturated carbocycles. The van der Waals surface area contributed by atoms with E-state index < -0.39 is 16.1 Å². The van der Waals surface area contributed by atoms with Crippen LogP contribution in [0, 0.1) is 5.92 Å². The number of benzene rings is 1. The quantitative estimate of drug-likeness (QED) is 0.912. The van der Waals surface area contributed by atoms with Gasteiger partial charge in [0.1, 0.15) is 0 Å². The summed E-state index contributed by atoms with van der Waals surface area (Å²) in [6, 6.07) is 7.99. The molecule has 0 aliphatic carbocycles. The van der Waals surface area contributed by atoms with Crippen LogP contribution in [0.25, 0.3) is 11.3 Å². The van der Waals surface area contributed by atoms with Crippen LogP contribution in [0.1, 0.15) is 18.5 Å². The van der Waals surface area contributed by atoms with Gasteiger partial charge in [0.25, 0.3) is 0 Å². The lowest BCUT2D eigenvalue weighted by Crippen LogP contribution is -2.31. The van der Waals surface area contributed by atoms with Gasteiger partial charge in [-0.2, -0.15) is 4.31 Å². The minimum absolute atomic E-state index is 0.0595. The van der Waals surface area contributed by atoms with Gasteiger partial charge in [-0.3, -0.25) is 0 Å². The van der Waals surface area contributed by atoms with E-state index in [1.807, 2.05) is 24.4 Å². The molecule has 3 atom stereocenters. The largest absolute Gasteiger partial charge is 0.391 e. The summed E-state index contributed by atoms with van der Waals surface area (Å²) in [7, 11) is -3.29. The molecule has 2 aromatic rings. The van der Waals surface area contributed by atoms with Gasteiger partial charge in [-0.05, 0) is 12.5 Å². The van der Waals surface area contributed by atoms with Crippen molar-refractivity contribution in [1.29, 1.82) is 0 Å². The second-order valence-corrected chi connectivity index (χ2v) is 8.42. The summed E-state index contributed by atoms with van der Waals surface area (Å²) < 4.78 is 27.8. The Morgan fingerprint density at radius 2 is 2.09 bits per heavy atom. The van der Waals surface area contributed by atoms with Gasteiger partial charge in [-0.25, -0.2) is 13.4 Å². The molecule has 4 rings (SSSR count). The first-order valence-electron chi connectivity index (χ1n) is 7.80. The molecule has 6 nitrogen and oxygen atoms in total. The second kappa shape index (κ2) is 5.15. The summed E-state index contributed by atoms with van der Waals surface area (Å²) in [6.45, 7) is 2.14. The molecular formula is C16H19N3O3S. The van der Waals surface area contributed by atoms with Crippen LogP contribution in [0.5, 0.6) is 0 Å². The lowest BCUT2D eigenvalue weighted by atomic mass is 9.90. The normalized spacial score (nSPS) is 27.1. The van der Waals surface area contributed by atoms with Gasteiger partial charge < -0.3 is 9.67 Å². The molecule has 0 radical (unpaired) electrons. The average Bonchev–Trinajstić information content (AvgIpc) is 3.22. The Kier molecular flexibility index (Phi) is 3.33. The highest BCUT2D eigenvalue weighted by Gasteiger charge is 2.45. The van der Waals surface area contributed by atoms with Crippen molar-refractivity contribution >= 4 is 10.0 Å². The van der Waals surface area contributed by atoms with Crippen molar-refractivity contribution in [3.05, 3.63) is 42.4 Å². The minimum atomic E-state index is -3.29. The molecule has 0 amide bonds. The van der Waals surface area contributed by atoms with E-state index in [0.717, 1.165) is 16.8 Å². The molecule has 1 N–H and O–H groups in total. The highest BCUT2D eigenvalue weighted by Crippen LogP contribution is 2.45. The topological polar surface area (TPSA) is 75.4 Å². The SMILES string of the molecule is CCS(=O)(=O)N1C[C@@H]([C@H]2c3ccccc3-c3cncn32)[C@H](O)C1. The predicted octanol–water partition coefficient (Wildman–Crippen LogP) is 1.10. The number of aliphatic hydroxyl groups excluding tert-OH is 1. The fraction of sp³-hybridized carbons (Fsp3) is 0.438. The number of sulfonamides is 1. The second-order valence-electron chi connectivity index (χ2n) is 6.17. The third-order valence-corrected chi connectivity index (χ3v) is 6.80. The van der Waals surface area contributed by atoms with Crippen LogP contribution in [0.4, 0.5) is 0 Å². The van der Waals surface area contributed by atoms with Gasteiger partial charge >= 0.3 is 0 Å². The van der Waals surface area contributed by atoms with E-state index >= 15 is 0 Å². The van der Waals surface area contributed by atoms with Crippen LogP contribution in [0.15, 0.2) is 36.8 Å². The molecule has 122 valence electrons. The van der Waals surface area contributed by atoms with Gasteiger partial charge in [-0.1, -0.05) is 24.3 Å². The van der Waals surface area contributed by atoms with Crippen LogP contribution in [-0.2, 0) is 10.0 Å². The standard InChI is InChI=1S/C16H19N3O3S/c1-2-23(21,22)18-8-13(15(20)9-18)16-12-6-4-3-5-11(12)14-7-17-10-19(14)16/h3-7,10,13,15-16,20H,2,8-9H2,1H3/t13-,15-,16-/m1/s1. The number of imidazole rings is 1. The number of aromatic nitrogens is 2. The van der Waals surface area contributed by atoms with Crippen molar-refractivity contribution in [3.63, 3.8) is 0 Å². The predicted molar refractivity (Wildman–Crippen MR) is 86.3 cm³/mol. The molecule has 1 aromatic heterocycles. The third kappa shape index (κ3) is 2.14. The first-order valence-corrected chi connectivity index (χ1v) is 9.41. The number of nitrogens with zero attached hydrogens (tertiary/aromatic N) is 3. The summed E-state index contributed by atoms with van der Waals surface area (Å²) in [5, 5.41) is 10.5. The number of aliphatic hydroxyl groups is 1. The molecule has 23 heavy (non-hydrogen) atoms. The number of hydrogen-bond donors (Lipinski definition) is 1. The van der Waals surface area contributed by atoms with Crippen LogP contribution in [-0.4, -0.2) is 52.3 Å². The average molecular weight is 333 g/mol. The summed E-state index contributed by atoms with van der Waals surface area (Å²) in [6.07, 6.45) is 2.91. The van der Waals surface area contributed by atoms with Crippen LogP contribution >= 0.6 is 0 Å². The molecule has 1 saturated heterocycles. The number of rotatable bonds is 3. The van der Waals surface area contributed by atoms with E-state index in [1.165, 1.54) is 4.31 Å². The molecular weight excluding hydrogens is 314 g/mol. The Hall–Kier alpha value is -1.70. The molecule has 0 unspecified atom stereocenters. The Balaban J connectivity index is 1.75. The highest BCUT2D eigenvalue weighted by atomic mass is 32.2. The van der Waals surface area contributed by atoms with Crippen LogP contribution in [0.2, 0.25) is 0 Å². The van der Waals surface area contributed by atoms with Crippen molar-refractivity contribution in [2.24, 2.45) is 5.92 Å². The maximum Gasteiger partial charge on any atom is 0.213 e. The first kappa shape index (κ1) is 14.9. The molecule has 3 heterocycles. The minimum Gasteiger partial charge on any atom is -0.391 e. The number of hydrogen-bond acceptors (Lipinski definition) is 4. The lowest BCUT2D eigenvalue weighted by molar-refractivity contribution is 0.126. The lowest BCUT2D eigenvalue weighted by Gasteiger charge is -2.24. The van der Waals surface area contributed by atoms with E-state index in [2.05, 4.69) is 15.6 Å². The van der Waals surface area contributed by atoms with E-state index in [9.17, 15) is 13.5 Å². The zero-order valence-corrected chi connectivity index (χ0v) is 13.6. The fourth-order valence-corrected chi connectivity index (χ4v) is 4.95. The van der Waals surface area contributed by atoms with Crippen molar-refractivity contribution in [3.8, 4) is 11.3 Å². The van der Waals surface area contributed by atoms with Crippen LogP contribution < -0.4 is 0 Å². The first-order chi connectivity index (χ1) is 11.0. The molecule has 1 fully saturated rings.